The number of aromatic nitrogens is 2. The molecule has 86 valence electrons. The fourth-order valence-corrected chi connectivity index (χ4v) is 1.75. The highest BCUT2D eigenvalue weighted by atomic mass is 15.1. The van der Waals surface area contributed by atoms with Crippen molar-refractivity contribution in [3.05, 3.63) is 18.2 Å². The van der Waals surface area contributed by atoms with Crippen molar-refractivity contribution in [2.45, 2.75) is 52.6 Å². The number of nitrogens with one attached hydrogen (secondary N) is 1. The quantitative estimate of drug-likeness (QED) is 0.746. The van der Waals surface area contributed by atoms with Gasteiger partial charge in [0.05, 0.1) is 0 Å². The zero-order chi connectivity index (χ0) is 11.1. The van der Waals surface area contributed by atoms with E-state index >= 15 is 0 Å². The zero-order valence-corrected chi connectivity index (χ0v) is 10.2. The third-order valence-electron chi connectivity index (χ3n) is 2.75. The maximum Gasteiger partial charge on any atom is 0.110 e. The Morgan fingerprint density at radius 2 is 2.20 bits per heavy atom. The summed E-state index contributed by atoms with van der Waals surface area (Å²) >= 11 is 0. The molecule has 0 bridgehead atoms. The standard InChI is InChI=1S/C12H23N3/c1-4-7-13-11(5-2)10-12-14-8-9-15(12)6-3/h8-9,11,13H,4-7,10H2,1-3H3. The van der Waals surface area contributed by atoms with Crippen molar-refractivity contribution < 1.29 is 0 Å². The molecule has 0 fully saturated rings. The van der Waals surface area contributed by atoms with Crippen molar-refractivity contribution in [1.82, 2.24) is 14.9 Å². The van der Waals surface area contributed by atoms with Crippen molar-refractivity contribution in [3.63, 3.8) is 0 Å². The first-order valence-corrected chi connectivity index (χ1v) is 6.05. The van der Waals surface area contributed by atoms with Crippen molar-refractivity contribution in [3.8, 4) is 0 Å². The Kier molecular flexibility index (Phi) is 5.40. The van der Waals surface area contributed by atoms with E-state index in [0.717, 1.165) is 25.9 Å². The summed E-state index contributed by atoms with van der Waals surface area (Å²) in [4.78, 5) is 4.41. The average molecular weight is 209 g/mol. The Labute approximate surface area is 92.9 Å². The highest BCUT2D eigenvalue weighted by Crippen LogP contribution is 2.04. The van der Waals surface area contributed by atoms with Gasteiger partial charge in [-0.25, -0.2) is 4.98 Å². The zero-order valence-electron chi connectivity index (χ0n) is 10.2. The monoisotopic (exact) mass is 209 g/mol. The van der Waals surface area contributed by atoms with Gasteiger partial charge in [0.15, 0.2) is 0 Å². The molecule has 0 saturated heterocycles. The lowest BCUT2D eigenvalue weighted by atomic mass is 10.1. The molecule has 0 amide bonds. The highest BCUT2D eigenvalue weighted by Gasteiger charge is 2.09. The van der Waals surface area contributed by atoms with Crippen molar-refractivity contribution in [2.75, 3.05) is 6.54 Å². The van der Waals surface area contributed by atoms with Crippen LogP contribution in [-0.4, -0.2) is 22.1 Å². The minimum Gasteiger partial charge on any atom is -0.335 e. The summed E-state index contributed by atoms with van der Waals surface area (Å²) in [6.45, 7) is 8.70. The molecule has 0 aliphatic heterocycles. The third kappa shape index (κ3) is 3.67. The smallest absolute Gasteiger partial charge is 0.110 e. The molecular formula is C12H23N3. The molecule has 1 aromatic heterocycles. The van der Waals surface area contributed by atoms with Crippen molar-refractivity contribution >= 4 is 0 Å². The average Bonchev–Trinajstić information content (AvgIpc) is 2.71. The van der Waals surface area contributed by atoms with Crippen molar-refractivity contribution in [1.29, 1.82) is 0 Å². The molecule has 1 rings (SSSR count). The Hall–Kier alpha value is -0.830. The van der Waals surface area contributed by atoms with Crippen LogP contribution >= 0.6 is 0 Å². The topological polar surface area (TPSA) is 29.9 Å². The minimum absolute atomic E-state index is 0.567. The minimum atomic E-state index is 0.567. The van der Waals surface area contributed by atoms with Crippen LogP contribution in [0, 0.1) is 0 Å². The van der Waals surface area contributed by atoms with Gasteiger partial charge in [-0.15, -0.1) is 0 Å². The molecule has 0 spiro atoms. The summed E-state index contributed by atoms with van der Waals surface area (Å²) in [7, 11) is 0. The highest BCUT2D eigenvalue weighted by molar-refractivity contribution is 4.95. The molecule has 0 saturated carbocycles. The van der Waals surface area contributed by atoms with Crippen molar-refractivity contribution in [2.24, 2.45) is 0 Å². The number of hydrogen-bond acceptors (Lipinski definition) is 2. The van der Waals surface area contributed by atoms with Crippen LogP contribution in [0.3, 0.4) is 0 Å². The SMILES string of the molecule is CCCNC(CC)Cc1nccn1CC. The second kappa shape index (κ2) is 6.62. The van der Waals surface area contributed by atoms with Gasteiger partial charge < -0.3 is 9.88 Å². The van der Waals surface area contributed by atoms with Gasteiger partial charge in [-0.2, -0.15) is 0 Å². The van der Waals surface area contributed by atoms with Gasteiger partial charge in [0.25, 0.3) is 0 Å². The van der Waals surface area contributed by atoms with E-state index in [4.69, 9.17) is 0 Å². The first-order valence-electron chi connectivity index (χ1n) is 6.05. The van der Waals surface area contributed by atoms with Crippen LogP contribution < -0.4 is 5.32 Å². The number of aryl methyl sites for hydroxylation is 1. The lowest BCUT2D eigenvalue weighted by molar-refractivity contribution is 0.476. The van der Waals surface area contributed by atoms with Crippen LogP contribution in [0.25, 0.3) is 0 Å². The number of imidazole rings is 1. The molecule has 3 nitrogen and oxygen atoms in total. The third-order valence-corrected chi connectivity index (χ3v) is 2.75. The predicted molar refractivity (Wildman–Crippen MR) is 64.0 cm³/mol. The van der Waals surface area contributed by atoms with Gasteiger partial charge in [0.1, 0.15) is 5.82 Å². The molecule has 1 heterocycles. The summed E-state index contributed by atoms with van der Waals surface area (Å²) in [5.74, 6) is 1.20. The summed E-state index contributed by atoms with van der Waals surface area (Å²) in [5, 5.41) is 3.56. The Balaban J connectivity index is 2.50. The molecule has 0 aromatic carbocycles. The lowest BCUT2D eigenvalue weighted by Gasteiger charge is -2.16. The molecule has 1 atom stereocenters. The number of nitrogens with zero attached hydrogens (tertiary/aromatic N) is 2. The van der Waals surface area contributed by atoms with E-state index in [0.29, 0.717) is 6.04 Å². The van der Waals surface area contributed by atoms with E-state index in [-0.39, 0.29) is 0 Å². The second-order valence-electron chi connectivity index (χ2n) is 3.89. The molecule has 1 aromatic rings. The van der Waals surface area contributed by atoms with E-state index in [9.17, 15) is 0 Å². The molecule has 0 aliphatic carbocycles. The maximum atomic E-state index is 4.41. The van der Waals surface area contributed by atoms with E-state index < -0.39 is 0 Å². The van der Waals surface area contributed by atoms with Crippen LogP contribution in [0.15, 0.2) is 12.4 Å². The van der Waals surface area contributed by atoms with Gasteiger partial charge in [-0.3, -0.25) is 0 Å². The Morgan fingerprint density at radius 1 is 1.40 bits per heavy atom. The Morgan fingerprint density at radius 3 is 2.80 bits per heavy atom. The van der Waals surface area contributed by atoms with Crippen LogP contribution in [-0.2, 0) is 13.0 Å². The first kappa shape index (κ1) is 12.2. The van der Waals surface area contributed by atoms with Crippen LogP contribution in [0.4, 0.5) is 0 Å². The molecule has 3 heteroatoms. The number of rotatable bonds is 7. The van der Waals surface area contributed by atoms with Crippen LogP contribution in [0.5, 0.6) is 0 Å². The van der Waals surface area contributed by atoms with Crippen LogP contribution in [0.1, 0.15) is 39.4 Å². The number of hydrogen-bond donors (Lipinski definition) is 1. The van der Waals surface area contributed by atoms with Gasteiger partial charge in [-0.1, -0.05) is 13.8 Å². The molecule has 15 heavy (non-hydrogen) atoms. The van der Waals surface area contributed by atoms with E-state index in [1.54, 1.807) is 0 Å². The molecular weight excluding hydrogens is 186 g/mol. The van der Waals surface area contributed by atoms with Gasteiger partial charge >= 0.3 is 0 Å². The molecule has 0 radical (unpaired) electrons. The van der Waals surface area contributed by atoms with E-state index in [2.05, 4.69) is 41.8 Å². The van der Waals surface area contributed by atoms with E-state index in [1.165, 1.54) is 12.2 Å². The lowest BCUT2D eigenvalue weighted by Crippen LogP contribution is -2.32. The van der Waals surface area contributed by atoms with E-state index in [1.807, 2.05) is 6.20 Å². The first-order chi connectivity index (χ1) is 7.31. The fourth-order valence-electron chi connectivity index (χ4n) is 1.75. The second-order valence-corrected chi connectivity index (χ2v) is 3.89. The fraction of sp³-hybridized carbons (Fsp3) is 0.750. The maximum absolute atomic E-state index is 4.41. The molecule has 0 aliphatic rings. The van der Waals surface area contributed by atoms with Gasteiger partial charge in [-0.05, 0) is 26.3 Å². The Bertz CT molecular complexity index is 268. The summed E-state index contributed by atoms with van der Waals surface area (Å²) < 4.78 is 2.22. The normalized spacial score (nSPS) is 13.0. The summed E-state index contributed by atoms with van der Waals surface area (Å²) in [6.07, 6.45) is 7.35. The predicted octanol–water partition coefficient (Wildman–Crippen LogP) is 2.22. The molecule has 1 N–H and O–H groups in total. The largest absolute Gasteiger partial charge is 0.335 e. The van der Waals surface area contributed by atoms with Gasteiger partial charge in [0.2, 0.25) is 0 Å². The molecule has 1 unspecified atom stereocenters. The van der Waals surface area contributed by atoms with Gasteiger partial charge in [0, 0.05) is 31.4 Å². The van der Waals surface area contributed by atoms with Crippen LogP contribution in [0.2, 0.25) is 0 Å². The summed E-state index contributed by atoms with van der Waals surface area (Å²) in [6, 6.07) is 0.567. The summed E-state index contributed by atoms with van der Waals surface area (Å²) in [5.41, 5.74) is 0.